The summed E-state index contributed by atoms with van der Waals surface area (Å²) >= 11 is 0. The Morgan fingerprint density at radius 1 is 1.11 bits per heavy atom. The summed E-state index contributed by atoms with van der Waals surface area (Å²) in [5.41, 5.74) is 1.16. The average Bonchev–Trinajstić information content (AvgIpc) is 2.38. The minimum atomic E-state index is -1.16. The summed E-state index contributed by atoms with van der Waals surface area (Å²) in [6.45, 7) is 1.66. The Balaban J connectivity index is 2.82. The highest BCUT2D eigenvalue weighted by atomic mass is 16.4. The first kappa shape index (κ1) is 12.8. The molecule has 0 aliphatic carbocycles. The molecule has 19 heavy (non-hydrogen) atoms. The van der Waals surface area contributed by atoms with Crippen molar-refractivity contribution < 1.29 is 19.8 Å². The van der Waals surface area contributed by atoms with Gasteiger partial charge in [-0.25, -0.2) is 9.59 Å². The molecule has 96 valence electrons. The molecule has 2 rings (SSSR count). The van der Waals surface area contributed by atoms with Crippen LogP contribution in [0.4, 0.5) is 0 Å². The summed E-state index contributed by atoms with van der Waals surface area (Å²) in [6.07, 6.45) is 2.99. The minimum Gasteiger partial charge on any atom is -0.478 e. The molecular formula is C14H11NO4. The fraction of sp³-hybridized carbons (Fsp3) is 0.0714. The largest absolute Gasteiger partial charge is 0.478 e. The van der Waals surface area contributed by atoms with Crippen LogP contribution in [0.3, 0.4) is 0 Å². The molecule has 1 aromatic carbocycles. The maximum absolute atomic E-state index is 11.3. The van der Waals surface area contributed by atoms with E-state index in [-0.39, 0.29) is 16.7 Å². The lowest BCUT2D eigenvalue weighted by atomic mass is 9.93. The molecule has 0 aliphatic rings. The number of rotatable bonds is 3. The number of carbonyl (C=O) groups is 2. The predicted octanol–water partition coefficient (Wildman–Crippen LogP) is 2.45. The molecule has 1 heterocycles. The van der Waals surface area contributed by atoms with E-state index in [9.17, 15) is 19.8 Å². The first-order valence-electron chi connectivity index (χ1n) is 5.52. The molecule has 2 aromatic rings. The SMILES string of the molecule is Cc1cc(C(=O)O)c(-c2cccnc2)c(C(=O)O)c1. The highest BCUT2D eigenvalue weighted by Crippen LogP contribution is 2.29. The molecule has 0 saturated heterocycles. The van der Waals surface area contributed by atoms with Gasteiger partial charge < -0.3 is 10.2 Å². The molecule has 0 spiro atoms. The maximum Gasteiger partial charge on any atom is 0.336 e. The molecule has 0 atom stereocenters. The zero-order valence-corrected chi connectivity index (χ0v) is 10.1. The lowest BCUT2D eigenvalue weighted by molar-refractivity contribution is 0.0696. The van der Waals surface area contributed by atoms with Gasteiger partial charge in [-0.3, -0.25) is 4.98 Å². The van der Waals surface area contributed by atoms with Gasteiger partial charge in [0.05, 0.1) is 11.1 Å². The van der Waals surface area contributed by atoms with Crippen molar-refractivity contribution in [2.75, 3.05) is 0 Å². The smallest absolute Gasteiger partial charge is 0.336 e. The van der Waals surface area contributed by atoms with E-state index in [0.29, 0.717) is 11.1 Å². The molecule has 0 saturated carbocycles. The first-order chi connectivity index (χ1) is 9.00. The fourth-order valence-electron chi connectivity index (χ4n) is 1.95. The molecule has 0 aliphatic heterocycles. The Morgan fingerprint density at radius 2 is 1.68 bits per heavy atom. The highest BCUT2D eigenvalue weighted by Gasteiger charge is 2.20. The minimum absolute atomic E-state index is 0.0367. The van der Waals surface area contributed by atoms with E-state index in [0.717, 1.165) is 0 Å². The van der Waals surface area contributed by atoms with Crippen LogP contribution < -0.4 is 0 Å². The number of hydrogen-bond donors (Lipinski definition) is 2. The number of carboxylic acids is 2. The number of aryl methyl sites for hydroxylation is 1. The van der Waals surface area contributed by atoms with Gasteiger partial charge in [0.2, 0.25) is 0 Å². The Kier molecular flexibility index (Phi) is 3.29. The summed E-state index contributed by atoms with van der Waals surface area (Å²) in [5.74, 6) is -2.32. The van der Waals surface area contributed by atoms with Crippen molar-refractivity contribution in [2.45, 2.75) is 6.92 Å². The highest BCUT2D eigenvalue weighted by molar-refractivity contribution is 6.05. The lowest BCUT2D eigenvalue weighted by Crippen LogP contribution is -2.08. The number of pyridine rings is 1. The third-order valence-corrected chi connectivity index (χ3v) is 2.69. The van der Waals surface area contributed by atoms with Gasteiger partial charge in [0.1, 0.15) is 0 Å². The molecule has 0 unspecified atom stereocenters. The second-order valence-electron chi connectivity index (χ2n) is 4.09. The quantitative estimate of drug-likeness (QED) is 0.881. The van der Waals surface area contributed by atoms with Gasteiger partial charge >= 0.3 is 11.9 Å². The van der Waals surface area contributed by atoms with E-state index in [1.807, 2.05) is 0 Å². The second-order valence-corrected chi connectivity index (χ2v) is 4.09. The molecule has 1 aromatic heterocycles. The van der Waals surface area contributed by atoms with Crippen LogP contribution >= 0.6 is 0 Å². The second kappa shape index (κ2) is 4.89. The molecular weight excluding hydrogens is 246 g/mol. The van der Waals surface area contributed by atoms with Gasteiger partial charge in [-0.15, -0.1) is 0 Å². The molecule has 0 radical (unpaired) electrons. The van der Waals surface area contributed by atoms with Crippen LogP contribution in [0.1, 0.15) is 26.3 Å². The van der Waals surface area contributed by atoms with Crippen molar-refractivity contribution in [3.05, 3.63) is 53.3 Å². The maximum atomic E-state index is 11.3. The molecule has 2 N–H and O–H groups in total. The van der Waals surface area contributed by atoms with Crippen LogP contribution in [0.5, 0.6) is 0 Å². The Hall–Kier alpha value is -2.69. The zero-order valence-electron chi connectivity index (χ0n) is 10.1. The topological polar surface area (TPSA) is 87.5 Å². The lowest BCUT2D eigenvalue weighted by Gasteiger charge is -2.11. The van der Waals surface area contributed by atoms with Gasteiger partial charge in [-0.05, 0) is 30.7 Å². The fourth-order valence-corrected chi connectivity index (χ4v) is 1.95. The first-order valence-corrected chi connectivity index (χ1v) is 5.52. The van der Waals surface area contributed by atoms with Crippen LogP contribution in [0, 0.1) is 6.92 Å². The number of benzene rings is 1. The van der Waals surface area contributed by atoms with Crippen LogP contribution in [-0.4, -0.2) is 27.1 Å². The standard InChI is InChI=1S/C14H11NO4/c1-8-5-10(13(16)17)12(11(6-8)14(18)19)9-3-2-4-15-7-9/h2-7H,1H3,(H,16,17)(H,18,19). The van der Waals surface area contributed by atoms with Gasteiger partial charge in [0, 0.05) is 23.5 Å². The third-order valence-electron chi connectivity index (χ3n) is 2.69. The molecule has 0 amide bonds. The monoisotopic (exact) mass is 257 g/mol. The van der Waals surface area contributed by atoms with E-state index in [1.54, 1.807) is 25.3 Å². The zero-order chi connectivity index (χ0) is 14.0. The molecule has 0 bridgehead atoms. The van der Waals surface area contributed by atoms with Crippen molar-refractivity contribution in [3.63, 3.8) is 0 Å². The summed E-state index contributed by atoms with van der Waals surface area (Å²) in [6, 6.07) is 6.18. The van der Waals surface area contributed by atoms with Crippen molar-refractivity contribution >= 4 is 11.9 Å². The number of hydrogen-bond acceptors (Lipinski definition) is 3. The van der Waals surface area contributed by atoms with Gasteiger partial charge in [-0.1, -0.05) is 6.07 Å². The van der Waals surface area contributed by atoms with Crippen molar-refractivity contribution in [3.8, 4) is 11.1 Å². The summed E-state index contributed by atoms with van der Waals surface area (Å²) in [5, 5.41) is 18.5. The Labute approximate surface area is 109 Å². The third kappa shape index (κ3) is 2.44. The van der Waals surface area contributed by atoms with Crippen LogP contribution in [0.25, 0.3) is 11.1 Å². The number of aromatic nitrogens is 1. The van der Waals surface area contributed by atoms with Crippen molar-refractivity contribution in [2.24, 2.45) is 0 Å². The van der Waals surface area contributed by atoms with Crippen molar-refractivity contribution in [1.29, 1.82) is 0 Å². The van der Waals surface area contributed by atoms with Crippen LogP contribution in [0.15, 0.2) is 36.7 Å². The van der Waals surface area contributed by atoms with Gasteiger partial charge in [0.15, 0.2) is 0 Å². The summed E-state index contributed by atoms with van der Waals surface area (Å²) < 4.78 is 0. The van der Waals surface area contributed by atoms with Crippen LogP contribution in [0.2, 0.25) is 0 Å². The molecule has 5 heteroatoms. The van der Waals surface area contributed by atoms with E-state index in [2.05, 4.69) is 4.98 Å². The Bertz CT molecular complexity index is 615. The average molecular weight is 257 g/mol. The van der Waals surface area contributed by atoms with E-state index >= 15 is 0 Å². The molecule has 0 fully saturated rings. The van der Waals surface area contributed by atoms with Gasteiger partial charge in [-0.2, -0.15) is 0 Å². The number of aromatic carboxylic acids is 2. The Morgan fingerprint density at radius 3 is 2.11 bits per heavy atom. The number of nitrogens with zero attached hydrogens (tertiary/aromatic N) is 1. The normalized spacial score (nSPS) is 10.2. The van der Waals surface area contributed by atoms with E-state index in [1.165, 1.54) is 18.3 Å². The van der Waals surface area contributed by atoms with E-state index < -0.39 is 11.9 Å². The number of carboxylic acid groups (broad SMARTS) is 2. The van der Waals surface area contributed by atoms with E-state index in [4.69, 9.17) is 0 Å². The van der Waals surface area contributed by atoms with Gasteiger partial charge in [0.25, 0.3) is 0 Å². The van der Waals surface area contributed by atoms with Crippen LogP contribution in [-0.2, 0) is 0 Å². The predicted molar refractivity (Wildman–Crippen MR) is 68.3 cm³/mol. The van der Waals surface area contributed by atoms with Crippen molar-refractivity contribution in [1.82, 2.24) is 4.98 Å². The molecule has 5 nitrogen and oxygen atoms in total. The summed E-state index contributed by atoms with van der Waals surface area (Å²) in [4.78, 5) is 26.5. The summed E-state index contributed by atoms with van der Waals surface area (Å²) in [7, 11) is 0.